The zero-order valence-electron chi connectivity index (χ0n) is 6.64. The first-order chi connectivity index (χ1) is 5.88. The van der Waals surface area contributed by atoms with Gasteiger partial charge in [0.15, 0.2) is 0 Å². The summed E-state index contributed by atoms with van der Waals surface area (Å²) in [5, 5.41) is 13.5. The summed E-state index contributed by atoms with van der Waals surface area (Å²) in [4.78, 5) is 0. The number of nitrogens with zero attached hydrogens (tertiary/aromatic N) is 3. The highest BCUT2D eigenvalue weighted by atomic mass is 35.5. The Morgan fingerprint density at radius 1 is 1.23 bits per heavy atom. The molecular formula is C7H8ClN5. The molecule has 1 heterocycles. The van der Waals surface area contributed by atoms with Gasteiger partial charge in [0.25, 0.3) is 0 Å². The Labute approximate surface area is 80.8 Å². The van der Waals surface area contributed by atoms with Crippen LogP contribution in [-0.4, -0.2) is 20.6 Å². The zero-order chi connectivity index (χ0) is 8.39. The van der Waals surface area contributed by atoms with Crippen LogP contribution in [-0.2, 0) is 0 Å². The van der Waals surface area contributed by atoms with Gasteiger partial charge >= 0.3 is 0 Å². The van der Waals surface area contributed by atoms with Crippen molar-refractivity contribution < 1.29 is 0 Å². The molecule has 0 unspecified atom stereocenters. The summed E-state index contributed by atoms with van der Waals surface area (Å²) < 4.78 is 0. The molecule has 68 valence electrons. The standard InChI is InChI=1S/C7H7N5.ClH/c8-6-4-2-1-3-5(6)7-9-11-12-10-7;/h1-4H,8H2,(H,9,10,11,12);1H. The molecule has 2 aromatic rings. The van der Waals surface area contributed by atoms with E-state index < -0.39 is 0 Å². The predicted molar refractivity (Wildman–Crippen MR) is 51.3 cm³/mol. The van der Waals surface area contributed by atoms with Crippen molar-refractivity contribution in [2.24, 2.45) is 0 Å². The summed E-state index contributed by atoms with van der Waals surface area (Å²) in [6.45, 7) is 0. The Balaban J connectivity index is 0.000000845. The number of aromatic nitrogens is 4. The number of halogens is 1. The van der Waals surface area contributed by atoms with Crippen molar-refractivity contribution in [1.82, 2.24) is 20.6 Å². The van der Waals surface area contributed by atoms with Gasteiger partial charge in [0.1, 0.15) is 0 Å². The van der Waals surface area contributed by atoms with E-state index in [0.29, 0.717) is 11.5 Å². The average molecular weight is 198 g/mol. The molecule has 0 aliphatic heterocycles. The SMILES string of the molecule is Cl.Nc1ccccc1-c1nn[nH]n1. The number of hydrogen-bond acceptors (Lipinski definition) is 4. The van der Waals surface area contributed by atoms with Gasteiger partial charge in [-0.05, 0) is 17.3 Å². The van der Waals surface area contributed by atoms with E-state index in [1.807, 2.05) is 18.2 Å². The largest absolute Gasteiger partial charge is 0.398 e. The Hall–Kier alpha value is -1.62. The molecule has 0 aliphatic rings. The van der Waals surface area contributed by atoms with Crippen molar-refractivity contribution in [1.29, 1.82) is 0 Å². The fraction of sp³-hybridized carbons (Fsp3) is 0. The van der Waals surface area contributed by atoms with Gasteiger partial charge in [-0.15, -0.1) is 22.6 Å². The van der Waals surface area contributed by atoms with Crippen LogP contribution >= 0.6 is 12.4 Å². The molecule has 1 aromatic heterocycles. The minimum absolute atomic E-state index is 0. The number of benzene rings is 1. The lowest BCUT2D eigenvalue weighted by Gasteiger charge is -1.97. The van der Waals surface area contributed by atoms with Crippen molar-refractivity contribution >= 4 is 18.1 Å². The molecule has 0 bridgehead atoms. The Morgan fingerprint density at radius 2 is 2.00 bits per heavy atom. The number of anilines is 1. The molecule has 13 heavy (non-hydrogen) atoms. The van der Waals surface area contributed by atoms with Gasteiger partial charge in [0, 0.05) is 11.3 Å². The van der Waals surface area contributed by atoms with E-state index in [2.05, 4.69) is 20.6 Å². The van der Waals surface area contributed by atoms with Crippen molar-refractivity contribution in [3.8, 4) is 11.4 Å². The second-order valence-electron chi connectivity index (χ2n) is 2.32. The number of tetrazole rings is 1. The molecule has 0 saturated carbocycles. The second kappa shape index (κ2) is 3.86. The fourth-order valence-electron chi connectivity index (χ4n) is 0.977. The van der Waals surface area contributed by atoms with E-state index in [1.165, 1.54) is 0 Å². The lowest BCUT2D eigenvalue weighted by molar-refractivity contribution is 0.881. The van der Waals surface area contributed by atoms with Crippen molar-refractivity contribution in [3.63, 3.8) is 0 Å². The molecule has 2 rings (SSSR count). The van der Waals surface area contributed by atoms with Gasteiger partial charge < -0.3 is 5.73 Å². The highest BCUT2D eigenvalue weighted by Gasteiger charge is 2.04. The van der Waals surface area contributed by atoms with Crippen LogP contribution in [0.5, 0.6) is 0 Å². The molecule has 0 aliphatic carbocycles. The van der Waals surface area contributed by atoms with Crippen LogP contribution in [0.3, 0.4) is 0 Å². The first-order valence-corrected chi connectivity index (χ1v) is 3.46. The van der Waals surface area contributed by atoms with E-state index >= 15 is 0 Å². The van der Waals surface area contributed by atoms with Crippen LogP contribution in [0, 0.1) is 0 Å². The molecule has 5 nitrogen and oxygen atoms in total. The Morgan fingerprint density at radius 3 is 2.62 bits per heavy atom. The number of nitrogens with two attached hydrogens (primary N) is 1. The quantitative estimate of drug-likeness (QED) is 0.665. The van der Waals surface area contributed by atoms with Crippen LogP contribution in [0.15, 0.2) is 24.3 Å². The van der Waals surface area contributed by atoms with Gasteiger partial charge in [-0.1, -0.05) is 12.1 Å². The summed E-state index contributed by atoms with van der Waals surface area (Å²) in [7, 11) is 0. The molecule has 3 N–H and O–H groups in total. The Kier molecular flexibility index (Phi) is 2.81. The van der Waals surface area contributed by atoms with Crippen LogP contribution in [0.2, 0.25) is 0 Å². The van der Waals surface area contributed by atoms with E-state index in [-0.39, 0.29) is 12.4 Å². The topological polar surface area (TPSA) is 80.5 Å². The van der Waals surface area contributed by atoms with Gasteiger partial charge in [0.2, 0.25) is 5.82 Å². The number of para-hydroxylation sites is 1. The summed E-state index contributed by atoms with van der Waals surface area (Å²) in [6.07, 6.45) is 0. The van der Waals surface area contributed by atoms with Crippen LogP contribution in [0.1, 0.15) is 0 Å². The summed E-state index contributed by atoms with van der Waals surface area (Å²) in [5.41, 5.74) is 7.14. The summed E-state index contributed by atoms with van der Waals surface area (Å²) in [5.74, 6) is 0.521. The predicted octanol–water partition coefficient (Wildman–Crippen LogP) is 0.871. The highest BCUT2D eigenvalue weighted by molar-refractivity contribution is 5.85. The van der Waals surface area contributed by atoms with E-state index in [4.69, 9.17) is 5.73 Å². The second-order valence-corrected chi connectivity index (χ2v) is 2.32. The van der Waals surface area contributed by atoms with Crippen molar-refractivity contribution in [3.05, 3.63) is 24.3 Å². The number of nitrogens with one attached hydrogen (secondary N) is 1. The first kappa shape index (κ1) is 9.47. The number of aromatic amines is 1. The van der Waals surface area contributed by atoms with Gasteiger partial charge in [-0.25, -0.2) is 0 Å². The maximum atomic E-state index is 5.69. The summed E-state index contributed by atoms with van der Waals surface area (Å²) >= 11 is 0. The maximum Gasteiger partial charge on any atom is 0.206 e. The lowest BCUT2D eigenvalue weighted by atomic mass is 10.2. The monoisotopic (exact) mass is 197 g/mol. The number of H-pyrrole nitrogens is 1. The molecule has 0 fully saturated rings. The minimum atomic E-state index is 0. The number of rotatable bonds is 1. The molecule has 1 aromatic carbocycles. The van der Waals surface area contributed by atoms with Gasteiger partial charge in [-0.2, -0.15) is 5.21 Å². The third kappa shape index (κ3) is 1.75. The normalized spacial score (nSPS) is 9.23. The van der Waals surface area contributed by atoms with Crippen LogP contribution < -0.4 is 5.73 Å². The summed E-state index contributed by atoms with van der Waals surface area (Å²) in [6, 6.07) is 7.38. The number of hydrogen-bond donors (Lipinski definition) is 2. The molecular weight excluding hydrogens is 190 g/mol. The molecule has 0 atom stereocenters. The smallest absolute Gasteiger partial charge is 0.206 e. The lowest BCUT2D eigenvalue weighted by Crippen LogP contribution is -1.90. The third-order valence-corrected chi connectivity index (χ3v) is 1.55. The molecule has 0 amide bonds. The highest BCUT2D eigenvalue weighted by Crippen LogP contribution is 2.19. The molecule has 6 heteroatoms. The first-order valence-electron chi connectivity index (χ1n) is 3.46. The number of nitrogen functional groups attached to an aromatic ring is 1. The van der Waals surface area contributed by atoms with E-state index in [0.717, 1.165) is 5.56 Å². The molecule has 0 radical (unpaired) electrons. The van der Waals surface area contributed by atoms with Crippen molar-refractivity contribution in [2.75, 3.05) is 5.73 Å². The van der Waals surface area contributed by atoms with Gasteiger partial charge in [0.05, 0.1) is 0 Å². The average Bonchev–Trinajstić information content (AvgIpc) is 2.57. The Bertz CT molecular complexity index is 372. The molecule has 0 saturated heterocycles. The maximum absolute atomic E-state index is 5.69. The zero-order valence-corrected chi connectivity index (χ0v) is 7.45. The van der Waals surface area contributed by atoms with Crippen LogP contribution in [0.4, 0.5) is 5.69 Å². The van der Waals surface area contributed by atoms with Gasteiger partial charge in [-0.3, -0.25) is 0 Å². The van der Waals surface area contributed by atoms with Crippen molar-refractivity contribution in [2.45, 2.75) is 0 Å². The van der Waals surface area contributed by atoms with E-state index in [1.54, 1.807) is 6.07 Å². The van der Waals surface area contributed by atoms with E-state index in [9.17, 15) is 0 Å². The minimum Gasteiger partial charge on any atom is -0.398 e. The van der Waals surface area contributed by atoms with Crippen LogP contribution in [0.25, 0.3) is 11.4 Å². The third-order valence-electron chi connectivity index (χ3n) is 1.55. The fourth-order valence-corrected chi connectivity index (χ4v) is 0.977. The molecule has 0 spiro atoms.